The quantitative estimate of drug-likeness (QED) is 0.479. The van der Waals surface area contributed by atoms with Crippen LogP contribution in [0.3, 0.4) is 0 Å². The number of hydrogen-bond donors (Lipinski definition) is 2. The minimum Gasteiger partial charge on any atom is -0.492 e. The van der Waals surface area contributed by atoms with E-state index in [1.54, 1.807) is 36.4 Å². The second kappa shape index (κ2) is 11.5. The molecule has 0 saturated heterocycles. The summed E-state index contributed by atoms with van der Waals surface area (Å²) in [5, 5.41) is 5.76. The van der Waals surface area contributed by atoms with Crippen LogP contribution in [0.4, 0.5) is 11.4 Å². The van der Waals surface area contributed by atoms with Crippen molar-refractivity contribution >= 4 is 39.1 Å². The first-order valence-electron chi connectivity index (χ1n) is 9.78. The Morgan fingerprint density at radius 2 is 1.45 bits per heavy atom. The number of carbonyl (C=O) groups excluding carboxylic acids is 2. The predicted molar refractivity (Wildman–Crippen MR) is 119 cm³/mol. The van der Waals surface area contributed by atoms with Gasteiger partial charge in [-0.05, 0) is 44.5 Å². The second-order valence-corrected chi connectivity index (χ2v) is 7.24. The molecule has 0 aromatic heterocycles. The summed E-state index contributed by atoms with van der Waals surface area (Å²) in [6.45, 7) is 6.59. The van der Waals surface area contributed by atoms with Gasteiger partial charge in [0.05, 0.1) is 24.6 Å². The predicted octanol–water partition coefficient (Wildman–Crippen LogP) is 5.63. The zero-order valence-corrected chi connectivity index (χ0v) is 18.6. The summed E-state index contributed by atoms with van der Waals surface area (Å²) in [4.78, 5) is 24.8. The van der Waals surface area contributed by atoms with E-state index in [1.165, 1.54) is 0 Å². The van der Waals surface area contributed by atoms with Gasteiger partial charge in [0.1, 0.15) is 11.5 Å². The van der Waals surface area contributed by atoms with Crippen molar-refractivity contribution < 1.29 is 19.1 Å². The molecule has 156 valence electrons. The average molecular weight is 463 g/mol. The molecule has 2 N–H and O–H groups in total. The van der Waals surface area contributed by atoms with Crippen LogP contribution < -0.4 is 20.1 Å². The van der Waals surface area contributed by atoms with Crippen LogP contribution in [0.5, 0.6) is 11.5 Å². The first-order valence-corrected chi connectivity index (χ1v) is 10.6. The Morgan fingerprint density at radius 1 is 0.897 bits per heavy atom. The van der Waals surface area contributed by atoms with Crippen molar-refractivity contribution in [2.75, 3.05) is 23.8 Å². The van der Waals surface area contributed by atoms with Crippen LogP contribution in [-0.2, 0) is 4.79 Å². The highest BCUT2D eigenvalue weighted by molar-refractivity contribution is 9.10. The summed E-state index contributed by atoms with van der Waals surface area (Å²) in [5.41, 5.74) is 1.53. The third-order valence-electron chi connectivity index (χ3n) is 4.07. The van der Waals surface area contributed by atoms with Gasteiger partial charge in [0.2, 0.25) is 5.91 Å². The number of carbonyl (C=O) groups is 2. The van der Waals surface area contributed by atoms with Crippen LogP contribution in [0.1, 0.15) is 50.4 Å². The number of anilines is 2. The lowest BCUT2D eigenvalue weighted by molar-refractivity contribution is -0.116. The molecule has 0 atom stereocenters. The number of halogens is 1. The number of unbranched alkanes of at least 4 members (excludes halogenated alkanes) is 1. The van der Waals surface area contributed by atoms with Gasteiger partial charge in [-0.3, -0.25) is 9.59 Å². The van der Waals surface area contributed by atoms with E-state index < -0.39 is 0 Å². The van der Waals surface area contributed by atoms with Crippen LogP contribution in [-0.4, -0.2) is 25.0 Å². The van der Waals surface area contributed by atoms with Crippen LogP contribution in [0.25, 0.3) is 0 Å². The van der Waals surface area contributed by atoms with Gasteiger partial charge in [-0.2, -0.15) is 0 Å². The van der Waals surface area contributed by atoms with Gasteiger partial charge >= 0.3 is 0 Å². The molecule has 0 radical (unpaired) electrons. The molecule has 0 aliphatic heterocycles. The normalized spacial score (nSPS) is 10.3. The SMILES string of the molecule is CCCCC(=O)Nc1cc(OCC)c(NC(=O)c2ccc(Br)cc2)cc1OCC. The Labute approximate surface area is 180 Å². The van der Waals surface area contributed by atoms with Gasteiger partial charge in [-0.1, -0.05) is 29.3 Å². The Morgan fingerprint density at radius 3 is 1.97 bits per heavy atom. The Balaban J connectivity index is 2.32. The van der Waals surface area contributed by atoms with E-state index in [-0.39, 0.29) is 11.8 Å². The van der Waals surface area contributed by atoms with Crippen LogP contribution in [0.15, 0.2) is 40.9 Å². The molecule has 6 nitrogen and oxygen atoms in total. The van der Waals surface area contributed by atoms with Crippen molar-refractivity contribution in [2.45, 2.75) is 40.0 Å². The molecule has 7 heteroatoms. The zero-order valence-electron chi connectivity index (χ0n) is 17.0. The maximum absolute atomic E-state index is 12.6. The lowest BCUT2D eigenvalue weighted by atomic mass is 10.2. The van der Waals surface area contributed by atoms with Gasteiger partial charge < -0.3 is 20.1 Å². The highest BCUT2D eigenvalue weighted by atomic mass is 79.9. The third kappa shape index (κ3) is 6.78. The van der Waals surface area contributed by atoms with E-state index in [1.807, 2.05) is 20.8 Å². The highest BCUT2D eigenvalue weighted by Crippen LogP contribution is 2.37. The summed E-state index contributed by atoms with van der Waals surface area (Å²) >= 11 is 3.36. The third-order valence-corrected chi connectivity index (χ3v) is 4.60. The number of rotatable bonds is 10. The topological polar surface area (TPSA) is 76.7 Å². The maximum atomic E-state index is 12.6. The standard InChI is InChI=1S/C22H27BrN2O4/c1-4-7-8-21(26)24-17-13-20(29-6-3)18(14-19(17)28-5-2)25-22(27)15-9-11-16(23)12-10-15/h9-14H,4-8H2,1-3H3,(H,24,26)(H,25,27). The van der Waals surface area contributed by atoms with E-state index in [0.29, 0.717) is 48.1 Å². The summed E-state index contributed by atoms with van der Waals surface area (Å²) in [5.74, 6) is 0.599. The molecule has 2 aromatic carbocycles. The number of amides is 2. The largest absolute Gasteiger partial charge is 0.492 e. The first kappa shape index (κ1) is 22.7. The monoisotopic (exact) mass is 462 g/mol. The van der Waals surface area contributed by atoms with Crippen molar-refractivity contribution in [3.8, 4) is 11.5 Å². The smallest absolute Gasteiger partial charge is 0.255 e. The molecule has 0 bridgehead atoms. The molecule has 0 aliphatic rings. The average Bonchev–Trinajstić information content (AvgIpc) is 2.70. The number of hydrogen-bond acceptors (Lipinski definition) is 4. The fourth-order valence-corrected chi connectivity index (χ4v) is 2.92. The Bertz CT molecular complexity index is 837. The Kier molecular flexibility index (Phi) is 8.99. The maximum Gasteiger partial charge on any atom is 0.255 e. The van der Waals surface area contributed by atoms with Crippen molar-refractivity contribution in [2.24, 2.45) is 0 Å². The van der Waals surface area contributed by atoms with Crippen LogP contribution >= 0.6 is 15.9 Å². The molecule has 2 aromatic rings. The fourth-order valence-electron chi connectivity index (χ4n) is 2.65. The molecule has 0 fully saturated rings. The van der Waals surface area contributed by atoms with Crippen molar-refractivity contribution in [1.82, 2.24) is 0 Å². The van der Waals surface area contributed by atoms with Gasteiger partial charge in [0.25, 0.3) is 5.91 Å². The summed E-state index contributed by atoms with van der Waals surface area (Å²) in [7, 11) is 0. The van der Waals surface area contributed by atoms with E-state index in [0.717, 1.165) is 17.3 Å². The lowest BCUT2D eigenvalue weighted by Gasteiger charge is -2.18. The molecular weight excluding hydrogens is 436 g/mol. The van der Waals surface area contributed by atoms with Gasteiger partial charge in [0, 0.05) is 28.6 Å². The van der Waals surface area contributed by atoms with Crippen molar-refractivity contribution in [1.29, 1.82) is 0 Å². The van der Waals surface area contributed by atoms with E-state index in [9.17, 15) is 9.59 Å². The first-order chi connectivity index (χ1) is 14.0. The fraction of sp³-hybridized carbons (Fsp3) is 0.364. The minimum absolute atomic E-state index is 0.0816. The lowest BCUT2D eigenvalue weighted by Crippen LogP contribution is -2.15. The molecule has 0 saturated carbocycles. The molecule has 0 aliphatic carbocycles. The number of nitrogens with one attached hydrogen (secondary N) is 2. The number of benzene rings is 2. The van der Waals surface area contributed by atoms with Crippen molar-refractivity contribution in [3.05, 3.63) is 46.4 Å². The van der Waals surface area contributed by atoms with E-state index >= 15 is 0 Å². The molecule has 0 heterocycles. The second-order valence-electron chi connectivity index (χ2n) is 6.32. The van der Waals surface area contributed by atoms with Gasteiger partial charge in [-0.25, -0.2) is 0 Å². The molecular formula is C22H27BrN2O4. The summed E-state index contributed by atoms with van der Waals surface area (Å²) in [6, 6.07) is 10.4. The molecule has 0 spiro atoms. The molecule has 2 amide bonds. The Hall–Kier alpha value is -2.54. The molecule has 29 heavy (non-hydrogen) atoms. The highest BCUT2D eigenvalue weighted by Gasteiger charge is 2.17. The number of ether oxygens (including phenoxy) is 2. The van der Waals surface area contributed by atoms with Crippen LogP contribution in [0, 0.1) is 0 Å². The van der Waals surface area contributed by atoms with E-state index in [4.69, 9.17) is 9.47 Å². The molecule has 0 unspecified atom stereocenters. The van der Waals surface area contributed by atoms with Gasteiger partial charge in [0.15, 0.2) is 0 Å². The molecule has 2 rings (SSSR count). The zero-order chi connectivity index (χ0) is 21.2. The van der Waals surface area contributed by atoms with Crippen molar-refractivity contribution in [3.63, 3.8) is 0 Å². The summed E-state index contributed by atoms with van der Waals surface area (Å²) in [6.07, 6.45) is 2.19. The van der Waals surface area contributed by atoms with Gasteiger partial charge in [-0.15, -0.1) is 0 Å². The van der Waals surface area contributed by atoms with Crippen LogP contribution in [0.2, 0.25) is 0 Å². The minimum atomic E-state index is -0.263. The summed E-state index contributed by atoms with van der Waals surface area (Å²) < 4.78 is 12.3. The van der Waals surface area contributed by atoms with E-state index in [2.05, 4.69) is 26.6 Å².